The molecule has 0 atom stereocenters. The fourth-order valence-corrected chi connectivity index (χ4v) is 2.92. The van der Waals surface area contributed by atoms with Crippen molar-refractivity contribution < 1.29 is 0 Å². The molecule has 0 nitrogen and oxygen atoms in total. The molecule has 0 saturated heterocycles. The van der Waals surface area contributed by atoms with Crippen LogP contribution in [0, 0.1) is 0 Å². The summed E-state index contributed by atoms with van der Waals surface area (Å²) in [6.07, 6.45) is 2.27. The summed E-state index contributed by atoms with van der Waals surface area (Å²) in [4.78, 5) is 2.62. The van der Waals surface area contributed by atoms with Crippen LogP contribution in [0.25, 0.3) is 0 Å². The Labute approximate surface area is 127 Å². The number of rotatable bonds is 5. The lowest BCUT2D eigenvalue weighted by atomic mass is 9.82. The second-order valence-corrected chi connectivity index (χ2v) is 7.01. The van der Waals surface area contributed by atoms with Gasteiger partial charge in [-0.3, -0.25) is 0 Å². The van der Waals surface area contributed by atoms with Gasteiger partial charge in [-0.25, -0.2) is 0 Å². The fourth-order valence-electron chi connectivity index (χ4n) is 2.11. The standard InChI is InChI=1S/C19H24S/c1-5-15-7-11-17(12-8-15)20-18-13-9-16(10-14-18)19(3,4)6-2/h7-14H,5-6H2,1-4H3. The average Bonchev–Trinajstić information content (AvgIpc) is 2.48. The SMILES string of the molecule is CCc1ccc(Sc2ccc(C(C)(C)CC)cc2)cc1. The Kier molecular flexibility index (Phi) is 4.93. The molecule has 0 amide bonds. The Morgan fingerprint density at radius 3 is 1.75 bits per heavy atom. The van der Waals surface area contributed by atoms with Gasteiger partial charge in [0.05, 0.1) is 0 Å². The van der Waals surface area contributed by atoms with Crippen LogP contribution in [-0.4, -0.2) is 0 Å². The lowest BCUT2D eigenvalue weighted by molar-refractivity contribution is 0.506. The highest BCUT2D eigenvalue weighted by atomic mass is 32.2. The Bertz CT molecular complexity index is 535. The zero-order chi connectivity index (χ0) is 14.6. The zero-order valence-electron chi connectivity index (χ0n) is 12.9. The lowest BCUT2D eigenvalue weighted by Gasteiger charge is -2.23. The number of hydrogen-bond acceptors (Lipinski definition) is 1. The summed E-state index contributed by atoms with van der Waals surface area (Å²) in [5.41, 5.74) is 3.09. The topological polar surface area (TPSA) is 0 Å². The van der Waals surface area contributed by atoms with Gasteiger partial charge in [0.15, 0.2) is 0 Å². The Hall–Kier alpha value is -1.21. The van der Waals surface area contributed by atoms with Gasteiger partial charge in [-0.05, 0) is 53.6 Å². The second kappa shape index (κ2) is 6.49. The van der Waals surface area contributed by atoms with Gasteiger partial charge in [0, 0.05) is 9.79 Å². The summed E-state index contributed by atoms with van der Waals surface area (Å²) < 4.78 is 0. The van der Waals surface area contributed by atoms with Crippen LogP contribution in [0.5, 0.6) is 0 Å². The Morgan fingerprint density at radius 1 is 0.800 bits per heavy atom. The summed E-state index contributed by atoms with van der Waals surface area (Å²) in [5.74, 6) is 0. The molecule has 0 saturated carbocycles. The molecule has 2 aromatic rings. The van der Waals surface area contributed by atoms with Crippen molar-refractivity contribution >= 4 is 11.8 Å². The van der Waals surface area contributed by atoms with Crippen LogP contribution in [0.1, 0.15) is 45.2 Å². The van der Waals surface area contributed by atoms with Crippen LogP contribution in [0.4, 0.5) is 0 Å². The first-order valence-corrected chi connectivity index (χ1v) is 8.24. The summed E-state index contributed by atoms with van der Waals surface area (Å²) >= 11 is 1.83. The lowest BCUT2D eigenvalue weighted by Crippen LogP contribution is -2.14. The minimum atomic E-state index is 0.270. The van der Waals surface area contributed by atoms with Crippen molar-refractivity contribution in [3.8, 4) is 0 Å². The summed E-state index contributed by atoms with van der Waals surface area (Å²) in [6.45, 7) is 9.05. The van der Waals surface area contributed by atoms with Crippen molar-refractivity contribution in [2.75, 3.05) is 0 Å². The normalized spacial score (nSPS) is 11.6. The number of aryl methyl sites for hydroxylation is 1. The van der Waals surface area contributed by atoms with Crippen LogP contribution in [-0.2, 0) is 11.8 Å². The molecule has 0 spiro atoms. The predicted molar refractivity (Wildman–Crippen MR) is 89.7 cm³/mol. The van der Waals surface area contributed by atoms with Gasteiger partial charge in [-0.15, -0.1) is 0 Å². The van der Waals surface area contributed by atoms with Gasteiger partial charge in [-0.1, -0.05) is 63.7 Å². The zero-order valence-corrected chi connectivity index (χ0v) is 13.8. The molecule has 0 fully saturated rings. The van der Waals surface area contributed by atoms with Gasteiger partial charge in [0.2, 0.25) is 0 Å². The highest BCUT2D eigenvalue weighted by Crippen LogP contribution is 2.31. The van der Waals surface area contributed by atoms with E-state index < -0.39 is 0 Å². The van der Waals surface area contributed by atoms with E-state index in [1.54, 1.807) is 0 Å². The molecule has 0 aliphatic heterocycles. The van der Waals surface area contributed by atoms with Crippen molar-refractivity contribution in [1.29, 1.82) is 0 Å². The van der Waals surface area contributed by atoms with Crippen LogP contribution in [0.15, 0.2) is 58.3 Å². The highest BCUT2D eigenvalue weighted by Gasteiger charge is 2.17. The third-order valence-corrected chi connectivity index (χ3v) is 5.10. The number of benzene rings is 2. The van der Waals surface area contributed by atoms with E-state index in [-0.39, 0.29) is 5.41 Å². The van der Waals surface area contributed by atoms with Crippen molar-refractivity contribution in [1.82, 2.24) is 0 Å². The molecule has 2 aromatic carbocycles. The first kappa shape index (κ1) is 15.2. The second-order valence-electron chi connectivity index (χ2n) is 5.86. The third-order valence-electron chi connectivity index (χ3n) is 4.09. The van der Waals surface area contributed by atoms with Crippen LogP contribution in [0.2, 0.25) is 0 Å². The monoisotopic (exact) mass is 284 g/mol. The van der Waals surface area contributed by atoms with E-state index in [4.69, 9.17) is 0 Å². The molecule has 20 heavy (non-hydrogen) atoms. The molecule has 0 aromatic heterocycles. The van der Waals surface area contributed by atoms with E-state index in [0.29, 0.717) is 0 Å². The molecular formula is C19H24S. The summed E-state index contributed by atoms with van der Waals surface area (Å²) in [5, 5.41) is 0. The molecule has 1 heteroatoms. The van der Waals surface area contributed by atoms with Gasteiger partial charge in [0.25, 0.3) is 0 Å². The molecule has 0 aliphatic carbocycles. The maximum atomic E-state index is 2.30. The van der Waals surface area contributed by atoms with Crippen molar-refractivity contribution in [3.63, 3.8) is 0 Å². The van der Waals surface area contributed by atoms with Crippen LogP contribution >= 0.6 is 11.8 Å². The van der Waals surface area contributed by atoms with E-state index in [9.17, 15) is 0 Å². The molecule has 2 rings (SSSR count). The first-order valence-electron chi connectivity index (χ1n) is 7.42. The Balaban J connectivity index is 2.10. The van der Waals surface area contributed by atoms with Crippen molar-refractivity contribution in [3.05, 3.63) is 59.7 Å². The maximum absolute atomic E-state index is 2.30. The largest absolute Gasteiger partial charge is 0.0901 e. The Morgan fingerprint density at radius 2 is 1.30 bits per heavy atom. The van der Waals surface area contributed by atoms with Crippen molar-refractivity contribution in [2.24, 2.45) is 0 Å². The molecule has 106 valence electrons. The average molecular weight is 284 g/mol. The quantitative estimate of drug-likeness (QED) is 0.640. The third kappa shape index (κ3) is 3.67. The van der Waals surface area contributed by atoms with E-state index in [0.717, 1.165) is 12.8 Å². The van der Waals surface area contributed by atoms with Gasteiger partial charge in [-0.2, -0.15) is 0 Å². The smallest absolute Gasteiger partial charge is 0.0122 e. The van der Waals surface area contributed by atoms with E-state index in [2.05, 4.69) is 76.2 Å². The molecule has 0 unspecified atom stereocenters. The minimum absolute atomic E-state index is 0.270. The molecule has 0 radical (unpaired) electrons. The fraction of sp³-hybridized carbons (Fsp3) is 0.368. The molecule has 0 N–H and O–H groups in total. The molecule has 0 heterocycles. The van der Waals surface area contributed by atoms with E-state index in [1.165, 1.54) is 20.9 Å². The van der Waals surface area contributed by atoms with Crippen molar-refractivity contribution in [2.45, 2.75) is 55.7 Å². The summed E-state index contributed by atoms with van der Waals surface area (Å²) in [6, 6.07) is 17.9. The minimum Gasteiger partial charge on any atom is -0.0901 e. The van der Waals surface area contributed by atoms with Crippen LogP contribution < -0.4 is 0 Å². The maximum Gasteiger partial charge on any atom is 0.0122 e. The first-order chi connectivity index (χ1) is 9.55. The predicted octanol–water partition coefficient (Wildman–Crippen LogP) is 6.09. The van der Waals surface area contributed by atoms with Gasteiger partial charge < -0.3 is 0 Å². The summed E-state index contributed by atoms with van der Waals surface area (Å²) in [7, 11) is 0. The highest BCUT2D eigenvalue weighted by molar-refractivity contribution is 7.99. The van der Waals surface area contributed by atoms with E-state index in [1.807, 2.05) is 11.8 Å². The van der Waals surface area contributed by atoms with Gasteiger partial charge >= 0.3 is 0 Å². The number of hydrogen-bond donors (Lipinski definition) is 0. The molecular weight excluding hydrogens is 260 g/mol. The van der Waals surface area contributed by atoms with E-state index >= 15 is 0 Å². The molecule has 0 bridgehead atoms. The van der Waals surface area contributed by atoms with Crippen LogP contribution in [0.3, 0.4) is 0 Å². The molecule has 0 aliphatic rings. The van der Waals surface area contributed by atoms with Gasteiger partial charge in [0.1, 0.15) is 0 Å².